The molecule has 0 amide bonds. The van der Waals surface area contributed by atoms with Crippen molar-refractivity contribution in [2.75, 3.05) is 0 Å². The van der Waals surface area contributed by atoms with Gasteiger partial charge in [-0.2, -0.15) is 0 Å². The Hall–Kier alpha value is -0.520. The van der Waals surface area contributed by atoms with Gasteiger partial charge in [0.1, 0.15) is 0 Å². The lowest BCUT2D eigenvalue weighted by Gasteiger charge is -2.51. The average Bonchev–Trinajstić information content (AvgIpc) is 2.53. The van der Waals surface area contributed by atoms with Crippen LogP contribution in [0.25, 0.3) is 0 Å². The van der Waals surface area contributed by atoms with Gasteiger partial charge in [0.2, 0.25) is 0 Å². The van der Waals surface area contributed by atoms with E-state index in [1.165, 1.54) is 24.8 Å². The van der Waals surface area contributed by atoms with Crippen molar-refractivity contribution < 1.29 is 0 Å². The van der Waals surface area contributed by atoms with Gasteiger partial charge >= 0.3 is 0 Å². The first-order valence-electron chi connectivity index (χ1n) is 6.38. The molecule has 0 heteroatoms. The van der Waals surface area contributed by atoms with Gasteiger partial charge in [-0.3, -0.25) is 0 Å². The molecule has 0 aromatic carbocycles. The summed E-state index contributed by atoms with van der Waals surface area (Å²) in [5.41, 5.74) is 2.34. The second-order valence-electron chi connectivity index (χ2n) is 6.53. The average molecular weight is 202 g/mol. The molecule has 15 heavy (non-hydrogen) atoms. The molecule has 4 atom stereocenters. The molecule has 1 spiro atoms. The Morgan fingerprint density at radius 1 is 1.33 bits per heavy atom. The topological polar surface area (TPSA) is 0 Å². The van der Waals surface area contributed by atoms with E-state index in [1.54, 1.807) is 0 Å². The van der Waals surface area contributed by atoms with Crippen molar-refractivity contribution in [1.82, 2.24) is 0 Å². The lowest BCUT2D eigenvalue weighted by molar-refractivity contribution is 0.00442. The first-order valence-corrected chi connectivity index (χ1v) is 6.38. The predicted molar refractivity (Wildman–Crippen MR) is 64.5 cm³/mol. The van der Waals surface area contributed by atoms with E-state index < -0.39 is 0 Å². The van der Waals surface area contributed by atoms with Crippen molar-refractivity contribution in [1.29, 1.82) is 0 Å². The summed E-state index contributed by atoms with van der Waals surface area (Å²) in [6.07, 6.45) is 9.08. The van der Waals surface area contributed by atoms with Gasteiger partial charge in [0.25, 0.3) is 0 Å². The van der Waals surface area contributed by atoms with E-state index in [0.717, 1.165) is 17.8 Å². The minimum Gasteiger partial charge on any atom is -0.0955 e. The molecule has 3 aliphatic rings. The third-order valence-electron chi connectivity index (χ3n) is 6.02. The van der Waals surface area contributed by atoms with Gasteiger partial charge in [-0.05, 0) is 42.4 Å². The molecule has 2 saturated carbocycles. The van der Waals surface area contributed by atoms with Gasteiger partial charge in [0, 0.05) is 5.41 Å². The third kappa shape index (κ3) is 0.859. The summed E-state index contributed by atoms with van der Waals surface area (Å²) in [5.74, 6) is 2.53. The van der Waals surface area contributed by atoms with Crippen molar-refractivity contribution in [2.24, 2.45) is 28.6 Å². The third-order valence-corrected chi connectivity index (χ3v) is 6.02. The van der Waals surface area contributed by atoms with E-state index in [-0.39, 0.29) is 0 Å². The van der Waals surface area contributed by atoms with Crippen LogP contribution in [0.4, 0.5) is 0 Å². The number of rotatable bonds is 0. The SMILES string of the molecule is C=C1C=CC23C1CC(CC[C@H]2C)C3(C)C. The highest BCUT2D eigenvalue weighted by atomic mass is 14.7. The summed E-state index contributed by atoms with van der Waals surface area (Å²) in [4.78, 5) is 0. The summed E-state index contributed by atoms with van der Waals surface area (Å²) >= 11 is 0. The quantitative estimate of drug-likeness (QED) is 0.552. The number of hydrogen-bond donors (Lipinski definition) is 0. The summed E-state index contributed by atoms with van der Waals surface area (Å²) in [5, 5.41) is 0. The first-order chi connectivity index (χ1) is 7.00. The normalized spacial score (nSPS) is 50.9. The van der Waals surface area contributed by atoms with Crippen LogP contribution in [0.3, 0.4) is 0 Å². The van der Waals surface area contributed by atoms with Crippen molar-refractivity contribution in [3.05, 3.63) is 24.3 Å². The second kappa shape index (κ2) is 2.59. The molecule has 0 aromatic heterocycles. The summed E-state index contributed by atoms with van der Waals surface area (Å²) < 4.78 is 0. The van der Waals surface area contributed by atoms with Crippen LogP contribution < -0.4 is 0 Å². The molecule has 0 aromatic rings. The maximum absolute atomic E-state index is 4.27. The zero-order chi connectivity index (χ0) is 10.8. The van der Waals surface area contributed by atoms with E-state index in [1.807, 2.05) is 0 Å². The molecule has 82 valence electrons. The smallest absolute Gasteiger partial charge is 0.00328 e. The monoisotopic (exact) mass is 202 g/mol. The lowest BCUT2D eigenvalue weighted by Crippen LogP contribution is -2.45. The van der Waals surface area contributed by atoms with Gasteiger partial charge in [-0.15, -0.1) is 0 Å². The molecule has 3 aliphatic carbocycles. The molecule has 0 aliphatic heterocycles. The largest absolute Gasteiger partial charge is 0.0955 e. The van der Waals surface area contributed by atoms with E-state index in [4.69, 9.17) is 0 Å². The van der Waals surface area contributed by atoms with Gasteiger partial charge in [0.15, 0.2) is 0 Å². The zero-order valence-corrected chi connectivity index (χ0v) is 10.2. The highest BCUT2D eigenvalue weighted by molar-refractivity contribution is 5.38. The molecule has 2 bridgehead atoms. The van der Waals surface area contributed by atoms with Crippen LogP contribution >= 0.6 is 0 Å². The summed E-state index contributed by atoms with van der Waals surface area (Å²) in [6.45, 7) is 11.7. The summed E-state index contributed by atoms with van der Waals surface area (Å²) in [6, 6.07) is 0. The zero-order valence-electron chi connectivity index (χ0n) is 10.2. The molecule has 2 fully saturated rings. The fourth-order valence-corrected chi connectivity index (χ4v) is 5.04. The van der Waals surface area contributed by atoms with E-state index in [2.05, 4.69) is 39.5 Å². The first kappa shape index (κ1) is 9.69. The molecular formula is C15H22. The van der Waals surface area contributed by atoms with Crippen LogP contribution in [-0.4, -0.2) is 0 Å². The fraction of sp³-hybridized carbons (Fsp3) is 0.733. The molecular weight excluding hydrogens is 180 g/mol. The van der Waals surface area contributed by atoms with E-state index >= 15 is 0 Å². The predicted octanol–water partition coefficient (Wildman–Crippen LogP) is 4.19. The number of hydrogen-bond acceptors (Lipinski definition) is 0. The Morgan fingerprint density at radius 2 is 2.07 bits per heavy atom. The van der Waals surface area contributed by atoms with Crippen LogP contribution in [0.2, 0.25) is 0 Å². The molecule has 0 nitrogen and oxygen atoms in total. The fourth-order valence-electron chi connectivity index (χ4n) is 5.04. The van der Waals surface area contributed by atoms with Crippen LogP contribution in [0.5, 0.6) is 0 Å². The van der Waals surface area contributed by atoms with Crippen LogP contribution in [0.1, 0.15) is 40.0 Å². The molecule has 0 heterocycles. The van der Waals surface area contributed by atoms with E-state index in [9.17, 15) is 0 Å². The van der Waals surface area contributed by atoms with Gasteiger partial charge in [0.05, 0.1) is 0 Å². The standard InChI is InChI=1S/C15H22/c1-10-7-8-15-11(2)5-6-12(9-13(10)15)14(15,3)4/h7-8,11-13H,1,5-6,9H2,2-4H3/t11-,12?,13?,15?/m1/s1. The minimum absolute atomic E-state index is 0.451. The van der Waals surface area contributed by atoms with Crippen LogP contribution in [0.15, 0.2) is 24.3 Å². The van der Waals surface area contributed by atoms with Crippen molar-refractivity contribution in [3.63, 3.8) is 0 Å². The van der Waals surface area contributed by atoms with Crippen molar-refractivity contribution in [2.45, 2.75) is 40.0 Å². The highest BCUT2D eigenvalue weighted by Crippen LogP contribution is 2.71. The molecule has 3 unspecified atom stereocenters. The molecule has 0 N–H and O–H groups in total. The molecule has 3 rings (SSSR count). The maximum Gasteiger partial charge on any atom is 0.00328 e. The Kier molecular flexibility index (Phi) is 1.67. The minimum atomic E-state index is 0.451. The molecule has 0 radical (unpaired) electrons. The molecule has 0 saturated heterocycles. The van der Waals surface area contributed by atoms with Crippen LogP contribution in [0, 0.1) is 28.6 Å². The number of fused-ring (bicyclic) bond motifs is 1. The van der Waals surface area contributed by atoms with Gasteiger partial charge in [-0.25, -0.2) is 0 Å². The lowest BCUT2D eigenvalue weighted by atomic mass is 9.53. The highest BCUT2D eigenvalue weighted by Gasteiger charge is 2.64. The van der Waals surface area contributed by atoms with Gasteiger partial charge < -0.3 is 0 Å². The maximum atomic E-state index is 4.27. The van der Waals surface area contributed by atoms with Crippen LogP contribution in [-0.2, 0) is 0 Å². The van der Waals surface area contributed by atoms with E-state index in [0.29, 0.717) is 10.8 Å². The second-order valence-corrected chi connectivity index (χ2v) is 6.53. The van der Waals surface area contributed by atoms with Crippen molar-refractivity contribution in [3.8, 4) is 0 Å². The Balaban J connectivity index is 2.18. The number of allylic oxidation sites excluding steroid dienone is 3. The Bertz CT molecular complexity index is 347. The summed E-state index contributed by atoms with van der Waals surface area (Å²) in [7, 11) is 0. The van der Waals surface area contributed by atoms with Gasteiger partial charge in [-0.1, -0.05) is 45.1 Å². The van der Waals surface area contributed by atoms with Crippen molar-refractivity contribution >= 4 is 0 Å². The Morgan fingerprint density at radius 3 is 2.80 bits per heavy atom. The Labute approximate surface area is 93.5 Å².